The molecule has 2 aromatic carbocycles. The van der Waals surface area contributed by atoms with E-state index < -0.39 is 5.60 Å². The van der Waals surface area contributed by atoms with Crippen LogP contribution in [0.15, 0.2) is 42.5 Å². The maximum absolute atomic E-state index is 10.8. The van der Waals surface area contributed by atoms with Crippen molar-refractivity contribution in [1.82, 2.24) is 0 Å². The Hall–Kier alpha value is -1.34. The van der Waals surface area contributed by atoms with Gasteiger partial charge in [-0.3, -0.25) is 0 Å². The molecule has 1 aliphatic rings. The molecule has 1 N–H and O–H groups in total. The number of aliphatic hydroxyl groups is 1. The van der Waals surface area contributed by atoms with Crippen LogP contribution in [-0.4, -0.2) is 5.11 Å². The van der Waals surface area contributed by atoms with Crippen LogP contribution < -0.4 is 0 Å². The minimum absolute atomic E-state index is 0.601. The van der Waals surface area contributed by atoms with Crippen LogP contribution in [0.3, 0.4) is 0 Å². The van der Waals surface area contributed by atoms with Crippen LogP contribution in [-0.2, 0) is 5.60 Å². The van der Waals surface area contributed by atoms with Crippen molar-refractivity contribution in [3.8, 4) is 0 Å². The zero-order chi connectivity index (χ0) is 12.6. The van der Waals surface area contributed by atoms with Crippen molar-refractivity contribution in [1.29, 1.82) is 0 Å². The van der Waals surface area contributed by atoms with Gasteiger partial charge in [-0.05, 0) is 54.0 Å². The van der Waals surface area contributed by atoms with E-state index in [1.807, 2.05) is 0 Å². The lowest BCUT2D eigenvalue weighted by Gasteiger charge is -2.35. The van der Waals surface area contributed by atoms with E-state index in [2.05, 4.69) is 49.4 Å². The third-order valence-corrected chi connectivity index (χ3v) is 4.39. The number of fused-ring (bicyclic) bond motifs is 1. The van der Waals surface area contributed by atoms with Gasteiger partial charge in [-0.25, -0.2) is 0 Å². The SMILES string of the molecule is CC1CCC(O)(c2ccc3ccccc3c2)CC1. The standard InChI is InChI=1S/C17H20O/c1-13-8-10-17(18,11-9-13)16-7-6-14-4-2-3-5-15(14)12-16/h2-7,12-13,18H,8-11H2,1H3. The highest BCUT2D eigenvalue weighted by atomic mass is 16.3. The second kappa shape index (κ2) is 4.40. The smallest absolute Gasteiger partial charge is 0.0897 e. The summed E-state index contributed by atoms with van der Waals surface area (Å²) in [6.07, 6.45) is 4.05. The van der Waals surface area contributed by atoms with Crippen LogP contribution in [0.5, 0.6) is 0 Å². The molecular weight excluding hydrogens is 220 g/mol. The van der Waals surface area contributed by atoms with Gasteiger partial charge in [0.05, 0.1) is 5.60 Å². The minimum atomic E-state index is -0.601. The van der Waals surface area contributed by atoms with E-state index in [-0.39, 0.29) is 0 Å². The minimum Gasteiger partial charge on any atom is -0.385 e. The highest BCUT2D eigenvalue weighted by molar-refractivity contribution is 5.83. The molecular formula is C17H20O. The van der Waals surface area contributed by atoms with Crippen LogP contribution in [0.1, 0.15) is 38.2 Å². The van der Waals surface area contributed by atoms with Crippen LogP contribution in [0.2, 0.25) is 0 Å². The highest BCUT2D eigenvalue weighted by Gasteiger charge is 2.33. The summed E-state index contributed by atoms with van der Waals surface area (Å²) < 4.78 is 0. The number of hydrogen-bond acceptors (Lipinski definition) is 1. The van der Waals surface area contributed by atoms with E-state index in [9.17, 15) is 5.11 Å². The molecule has 1 heteroatoms. The largest absolute Gasteiger partial charge is 0.385 e. The Morgan fingerprint density at radius 3 is 2.39 bits per heavy atom. The molecule has 3 rings (SSSR count). The molecule has 94 valence electrons. The van der Waals surface area contributed by atoms with Crippen molar-refractivity contribution in [2.75, 3.05) is 0 Å². The van der Waals surface area contributed by atoms with Crippen molar-refractivity contribution in [2.45, 2.75) is 38.2 Å². The summed E-state index contributed by atoms with van der Waals surface area (Å²) in [6.45, 7) is 2.28. The quantitative estimate of drug-likeness (QED) is 0.790. The topological polar surface area (TPSA) is 20.2 Å². The fourth-order valence-electron chi connectivity index (χ4n) is 3.01. The van der Waals surface area contributed by atoms with Crippen LogP contribution in [0.25, 0.3) is 10.8 Å². The van der Waals surface area contributed by atoms with E-state index >= 15 is 0 Å². The second-order valence-electron chi connectivity index (χ2n) is 5.78. The molecule has 0 amide bonds. The molecule has 0 atom stereocenters. The van der Waals surface area contributed by atoms with Crippen LogP contribution in [0, 0.1) is 5.92 Å². The molecule has 1 aliphatic carbocycles. The molecule has 0 saturated heterocycles. The molecule has 1 fully saturated rings. The van der Waals surface area contributed by atoms with E-state index in [0.29, 0.717) is 0 Å². The third-order valence-electron chi connectivity index (χ3n) is 4.39. The first kappa shape index (κ1) is 11.7. The van der Waals surface area contributed by atoms with Gasteiger partial charge in [-0.1, -0.05) is 43.3 Å². The van der Waals surface area contributed by atoms with E-state index in [1.54, 1.807) is 0 Å². The van der Waals surface area contributed by atoms with Gasteiger partial charge in [0.1, 0.15) is 0 Å². The highest BCUT2D eigenvalue weighted by Crippen LogP contribution is 2.39. The molecule has 0 aromatic heterocycles. The fourth-order valence-corrected chi connectivity index (χ4v) is 3.01. The molecule has 1 nitrogen and oxygen atoms in total. The average Bonchev–Trinajstić information content (AvgIpc) is 2.42. The van der Waals surface area contributed by atoms with Crippen molar-refractivity contribution >= 4 is 10.8 Å². The van der Waals surface area contributed by atoms with Gasteiger partial charge in [0, 0.05) is 0 Å². The molecule has 18 heavy (non-hydrogen) atoms. The normalized spacial score (nSPS) is 28.4. The summed E-state index contributed by atoms with van der Waals surface area (Å²) in [6, 6.07) is 14.7. The molecule has 0 unspecified atom stereocenters. The van der Waals surface area contributed by atoms with E-state index in [4.69, 9.17) is 0 Å². The number of rotatable bonds is 1. The Bertz CT molecular complexity index is 550. The van der Waals surface area contributed by atoms with Gasteiger partial charge in [-0.2, -0.15) is 0 Å². The third kappa shape index (κ3) is 2.04. The predicted octanol–water partition coefficient (Wildman–Crippen LogP) is 4.24. The van der Waals surface area contributed by atoms with Gasteiger partial charge in [-0.15, -0.1) is 0 Å². The molecule has 1 saturated carbocycles. The zero-order valence-electron chi connectivity index (χ0n) is 10.9. The summed E-state index contributed by atoms with van der Waals surface area (Å²) in [5.41, 5.74) is 0.490. The van der Waals surface area contributed by atoms with Crippen molar-refractivity contribution in [3.63, 3.8) is 0 Å². The number of hydrogen-bond donors (Lipinski definition) is 1. The zero-order valence-corrected chi connectivity index (χ0v) is 10.9. The summed E-state index contributed by atoms with van der Waals surface area (Å²) in [4.78, 5) is 0. The summed E-state index contributed by atoms with van der Waals surface area (Å²) in [5, 5.41) is 13.3. The van der Waals surface area contributed by atoms with Gasteiger partial charge >= 0.3 is 0 Å². The fraction of sp³-hybridized carbons (Fsp3) is 0.412. The van der Waals surface area contributed by atoms with Crippen LogP contribution >= 0.6 is 0 Å². The molecule has 0 aliphatic heterocycles. The average molecular weight is 240 g/mol. The first-order valence-electron chi connectivity index (χ1n) is 6.89. The Labute approximate surface area is 108 Å². The Kier molecular flexibility index (Phi) is 2.87. The first-order valence-corrected chi connectivity index (χ1v) is 6.89. The molecule has 0 spiro atoms. The Morgan fingerprint density at radius 1 is 1.00 bits per heavy atom. The van der Waals surface area contributed by atoms with Gasteiger partial charge in [0.2, 0.25) is 0 Å². The van der Waals surface area contributed by atoms with Crippen molar-refractivity contribution in [2.24, 2.45) is 5.92 Å². The molecule has 2 aromatic rings. The lowest BCUT2D eigenvalue weighted by molar-refractivity contribution is -0.0119. The van der Waals surface area contributed by atoms with E-state index in [0.717, 1.165) is 37.2 Å². The Morgan fingerprint density at radius 2 is 1.67 bits per heavy atom. The van der Waals surface area contributed by atoms with Crippen molar-refractivity contribution < 1.29 is 5.11 Å². The molecule has 0 heterocycles. The van der Waals surface area contributed by atoms with E-state index in [1.165, 1.54) is 10.8 Å². The maximum atomic E-state index is 10.8. The number of benzene rings is 2. The Balaban J connectivity index is 1.98. The molecule has 0 bridgehead atoms. The summed E-state index contributed by atoms with van der Waals surface area (Å²) in [7, 11) is 0. The lowest BCUT2D eigenvalue weighted by atomic mass is 9.75. The van der Waals surface area contributed by atoms with Crippen molar-refractivity contribution in [3.05, 3.63) is 48.0 Å². The monoisotopic (exact) mass is 240 g/mol. The predicted molar refractivity (Wildman–Crippen MR) is 75.5 cm³/mol. The summed E-state index contributed by atoms with van der Waals surface area (Å²) >= 11 is 0. The first-order chi connectivity index (χ1) is 8.67. The van der Waals surface area contributed by atoms with Gasteiger partial charge in [0.25, 0.3) is 0 Å². The van der Waals surface area contributed by atoms with Crippen LogP contribution in [0.4, 0.5) is 0 Å². The van der Waals surface area contributed by atoms with Gasteiger partial charge in [0.15, 0.2) is 0 Å². The molecule has 0 radical (unpaired) electrons. The van der Waals surface area contributed by atoms with Gasteiger partial charge < -0.3 is 5.11 Å². The second-order valence-corrected chi connectivity index (χ2v) is 5.78. The summed E-state index contributed by atoms with van der Waals surface area (Å²) in [5.74, 6) is 0.755. The maximum Gasteiger partial charge on any atom is 0.0897 e. The lowest BCUT2D eigenvalue weighted by Crippen LogP contribution is -2.30.